The highest BCUT2D eigenvalue weighted by Crippen LogP contribution is 2.28. The number of likely N-dealkylation sites (N-methyl/N-ethyl adjacent to an activating group) is 1. The average Bonchev–Trinajstić information content (AvgIpc) is 2.69. The van der Waals surface area contributed by atoms with Gasteiger partial charge >= 0.3 is 0 Å². The maximum atomic E-state index is 11.0. The van der Waals surface area contributed by atoms with Crippen molar-refractivity contribution in [3.05, 3.63) is 24.3 Å². The summed E-state index contributed by atoms with van der Waals surface area (Å²) in [5.41, 5.74) is 5.21. The van der Waals surface area contributed by atoms with Crippen molar-refractivity contribution in [2.24, 2.45) is 5.73 Å². The predicted molar refractivity (Wildman–Crippen MR) is 66.7 cm³/mol. The third-order valence-corrected chi connectivity index (χ3v) is 3.20. The van der Waals surface area contributed by atoms with Gasteiger partial charge in [-0.1, -0.05) is 12.1 Å². The minimum atomic E-state index is -0.334. The third kappa shape index (κ3) is 1.99. The molecule has 0 unspecified atom stereocenters. The lowest BCUT2D eigenvalue weighted by molar-refractivity contribution is -0.116. The first-order chi connectivity index (χ1) is 7.72. The summed E-state index contributed by atoms with van der Waals surface area (Å²) in [6.07, 6.45) is 0. The molecular formula is C11H13N3OS. The van der Waals surface area contributed by atoms with E-state index in [2.05, 4.69) is 4.37 Å². The molecule has 0 atom stereocenters. The van der Waals surface area contributed by atoms with Crippen LogP contribution in [0.2, 0.25) is 0 Å². The lowest BCUT2D eigenvalue weighted by atomic mass is 10.2. The third-order valence-electron chi connectivity index (χ3n) is 2.39. The Morgan fingerprint density at radius 2 is 2.25 bits per heavy atom. The van der Waals surface area contributed by atoms with Gasteiger partial charge in [-0.25, -0.2) is 0 Å². The molecule has 0 saturated carbocycles. The highest BCUT2D eigenvalue weighted by atomic mass is 32.1. The van der Waals surface area contributed by atoms with Gasteiger partial charge in [0.2, 0.25) is 5.91 Å². The van der Waals surface area contributed by atoms with Crippen LogP contribution < -0.4 is 10.6 Å². The molecule has 0 aliphatic rings. The van der Waals surface area contributed by atoms with Gasteiger partial charge in [0.15, 0.2) is 5.82 Å². The fraction of sp³-hybridized carbons (Fsp3) is 0.273. The second-order valence-corrected chi connectivity index (χ2v) is 4.29. The van der Waals surface area contributed by atoms with Gasteiger partial charge in [0.05, 0.1) is 11.2 Å². The van der Waals surface area contributed by atoms with E-state index in [1.165, 1.54) is 11.5 Å². The largest absolute Gasteiger partial charge is 0.368 e. The minimum absolute atomic E-state index is 0.213. The Kier molecular flexibility index (Phi) is 3.05. The van der Waals surface area contributed by atoms with Crippen molar-refractivity contribution in [1.82, 2.24) is 4.37 Å². The summed E-state index contributed by atoms with van der Waals surface area (Å²) >= 11 is 1.44. The Morgan fingerprint density at radius 3 is 2.94 bits per heavy atom. The summed E-state index contributed by atoms with van der Waals surface area (Å²) < 4.78 is 5.50. The summed E-state index contributed by atoms with van der Waals surface area (Å²) in [4.78, 5) is 12.8. The molecule has 84 valence electrons. The highest BCUT2D eigenvalue weighted by Gasteiger charge is 2.13. The molecule has 1 aromatic heterocycles. The number of carbonyl (C=O) groups excluding carboxylic acids is 1. The molecule has 5 heteroatoms. The van der Waals surface area contributed by atoms with Gasteiger partial charge in [0.1, 0.15) is 0 Å². The van der Waals surface area contributed by atoms with Gasteiger partial charge in [-0.15, -0.1) is 0 Å². The van der Waals surface area contributed by atoms with Crippen molar-refractivity contribution < 1.29 is 4.79 Å². The number of rotatable bonds is 4. The molecule has 1 amide bonds. The maximum absolute atomic E-state index is 11.0. The number of benzene rings is 1. The van der Waals surface area contributed by atoms with Gasteiger partial charge < -0.3 is 10.6 Å². The summed E-state index contributed by atoms with van der Waals surface area (Å²) in [5, 5.41) is 1.08. The number of amides is 1. The molecule has 2 aromatic rings. The van der Waals surface area contributed by atoms with E-state index in [4.69, 9.17) is 5.73 Å². The maximum Gasteiger partial charge on any atom is 0.236 e. The van der Waals surface area contributed by atoms with E-state index in [0.717, 1.165) is 22.4 Å². The van der Waals surface area contributed by atoms with E-state index in [1.807, 2.05) is 36.1 Å². The second-order valence-electron chi connectivity index (χ2n) is 3.48. The molecule has 0 aliphatic carbocycles. The predicted octanol–water partition coefficient (Wildman–Crippen LogP) is 1.61. The normalized spacial score (nSPS) is 10.6. The number of carbonyl (C=O) groups is 1. The molecule has 2 N–H and O–H groups in total. The van der Waals surface area contributed by atoms with Gasteiger partial charge in [-0.05, 0) is 30.6 Å². The van der Waals surface area contributed by atoms with Crippen LogP contribution in [0.3, 0.4) is 0 Å². The molecule has 0 bridgehead atoms. The first kappa shape index (κ1) is 10.9. The van der Waals surface area contributed by atoms with Crippen LogP contribution in [0.4, 0.5) is 5.82 Å². The van der Waals surface area contributed by atoms with Gasteiger partial charge in [-0.2, -0.15) is 4.37 Å². The van der Waals surface area contributed by atoms with Crippen molar-refractivity contribution in [2.45, 2.75) is 6.92 Å². The van der Waals surface area contributed by atoms with Crippen LogP contribution in [0.25, 0.3) is 10.1 Å². The number of hydrogen-bond donors (Lipinski definition) is 1. The quantitative estimate of drug-likeness (QED) is 0.875. The molecule has 4 nitrogen and oxygen atoms in total. The topological polar surface area (TPSA) is 59.2 Å². The SMILES string of the molecule is CCN(CC(N)=O)c1nsc2ccccc12. The van der Waals surface area contributed by atoms with Crippen molar-refractivity contribution in [3.8, 4) is 0 Å². The van der Waals surface area contributed by atoms with Gasteiger partial charge in [0.25, 0.3) is 0 Å². The average molecular weight is 235 g/mol. The second kappa shape index (κ2) is 4.49. The zero-order valence-electron chi connectivity index (χ0n) is 9.01. The van der Waals surface area contributed by atoms with Gasteiger partial charge in [0, 0.05) is 11.9 Å². The van der Waals surface area contributed by atoms with Gasteiger partial charge in [-0.3, -0.25) is 4.79 Å². The molecule has 1 aromatic carbocycles. The van der Waals surface area contributed by atoms with E-state index >= 15 is 0 Å². The molecule has 0 aliphatic heterocycles. The number of nitrogens with two attached hydrogens (primary N) is 1. The molecule has 0 fully saturated rings. The molecule has 1 heterocycles. The van der Waals surface area contributed by atoms with Crippen molar-refractivity contribution >= 4 is 33.3 Å². The van der Waals surface area contributed by atoms with E-state index in [1.54, 1.807) is 0 Å². The lowest BCUT2D eigenvalue weighted by Crippen LogP contribution is -2.33. The van der Waals surface area contributed by atoms with E-state index < -0.39 is 0 Å². The Hall–Kier alpha value is -1.62. The van der Waals surface area contributed by atoms with Crippen LogP contribution in [-0.2, 0) is 4.79 Å². The first-order valence-electron chi connectivity index (χ1n) is 5.10. The van der Waals surface area contributed by atoms with Crippen LogP contribution in [0.1, 0.15) is 6.92 Å². The summed E-state index contributed by atoms with van der Waals surface area (Å²) in [7, 11) is 0. The minimum Gasteiger partial charge on any atom is -0.368 e. The highest BCUT2D eigenvalue weighted by molar-refractivity contribution is 7.13. The van der Waals surface area contributed by atoms with E-state index in [-0.39, 0.29) is 12.5 Å². The van der Waals surface area contributed by atoms with Crippen LogP contribution in [-0.4, -0.2) is 23.4 Å². The molecule has 0 saturated heterocycles. The Morgan fingerprint density at radius 1 is 1.50 bits per heavy atom. The van der Waals surface area contributed by atoms with Crippen molar-refractivity contribution in [1.29, 1.82) is 0 Å². The number of nitrogens with zero attached hydrogens (tertiary/aromatic N) is 2. The fourth-order valence-corrected chi connectivity index (χ4v) is 2.42. The zero-order chi connectivity index (χ0) is 11.5. The number of primary amides is 1. The van der Waals surface area contributed by atoms with Crippen LogP contribution in [0.15, 0.2) is 24.3 Å². The lowest BCUT2D eigenvalue weighted by Gasteiger charge is -2.18. The summed E-state index contributed by atoms with van der Waals surface area (Å²) in [5.74, 6) is 0.515. The van der Waals surface area contributed by atoms with Crippen LogP contribution >= 0.6 is 11.5 Å². The molecule has 2 rings (SSSR count). The number of hydrogen-bond acceptors (Lipinski definition) is 4. The number of anilines is 1. The molecule has 0 radical (unpaired) electrons. The van der Waals surface area contributed by atoms with Crippen molar-refractivity contribution in [3.63, 3.8) is 0 Å². The van der Waals surface area contributed by atoms with Crippen LogP contribution in [0, 0.1) is 0 Å². The van der Waals surface area contributed by atoms with Crippen molar-refractivity contribution in [2.75, 3.05) is 18.0 Å². The zero-order valence-corrected chi connectivity index (χ0v) is 9.83. The Bertz CT molecular complexity index is 509. The van der Waals surface area contributed by atoms with E-state index in [9.17, 15) is 4.79 Å². The first-order valence-corrected chi connectivity index (χ1v) is 5.87. The van der Waals surface area contributed by atoms with E-state index in [0.29, 0.717) is 0 Å². The summed E-state index contributed by atoms with van der Waals surface area (Å²) in [6.45, 7) is 2.91. The summed E-state index contributed by atoms with van der Waals surface area (Å²) in [6, 6.07) is 7.99. The monoisotopic (exact) mass is 235 g/mol. The standard InChI is InChI=1S/C11H13N3OS/c1-2-14(7-10(12)15)11-8-5-3-4-6-9(8)16-13-11/h3-6H,2,7H2,1H3,(H2,12,15). The number of aromatic nitrogens is 1. The molecular weight excluding hydrogens is 222 g/mol. The smallest absolute Gasteiger partial charge is 0.236 e. The molecule has 16 heavy (non-hydrogen) atoms. The Labute approximate surface area is 97.8 Å². The Balaban J connectivity index is 2.41. The fourth-order valence-electron chi connectivity index (χ4n) is 1.63. The molecule has 0 spiro atoms. The van der Waals surface area contributed by atoms with Crippen LogP contribution in [0.5, 0.6) is 0 Å². The number of fused-ring (bicyclic) bond motifs is 1.